The van der Waals surface area contributed by atoms with Crippen LogP contribution in [-0.4, -0.2) is 27.3 Å². The summed E-state index contributed by atoms with van der Waals surface area (Å²) < 4.78 is 5.88. The van der Waals surface area contributed by atoms with E-state index in [1.807, 2.05) is 24.3 Å². The highest BCUT2D eigenvalue weighted by Gasteiger charge is 2.33. The van der Waals surface area contributed by atoms with Crippen LogP contribution in [0.1, 0.15) is 47.2 Å². The lowest BCUT2D eigenvalue weighted by molar-refractivity contribution is 0.0572. The molecule has 4 rings (SSSR count). The third-order valence-electron chi connectivity index (χ3n) is 4.64. The molecule has 128 valence electrons. The molecule has 1 atom stereocenters. The van der Waals surface area contributed by atoms with Gasteiger partial charge in [-0.2, -0.15) is 0 Å². The summed E-state index contributed by atoms with van der Waals surface area (Å²) in [6.07, 6.45) is 2.69. The van der Waals surface area contributed by atoms with E-state index < -0.39 is 0 Å². The second-order valence-electron chi connectivity index (χ2n) is 6.41. The van der Waals surface area contributed by atoms with Crippen LogP contribution in [0.4, 0.5) is 0 Å². The molecule has 1 fully saturated rings. The number of aryl methyl sites for hydroxylation is 1. The number of amides is 1. The minimum absolute atomic E-state index is 0.161. The van der Waals surface area contributed by atoms with Gasteiger partial charge in [-0.25, -0.2) is 4.98 Å². The normalized spacial score (nSPS) is 17.8. The van der Waals surface area contributed by atoms with Crippen LogP contribution < -0.4 is 5.56 Å². The second-order valence-corrected chi connectivity index (χ2v) is 6.41. The van der Waals surface area contributed by atoms with E-state index in [9.17, 15) is 9.59 Å². The Morgan fingerprint density at radius 2 is 2.08 bits per heavy atom. The molecular formula is C19H19N3O3. The number of likely N-dealkylation sites (tertiary alicyclic amines) is 1. The van der Waals surface area contributed by atoms with Crippen molar-refractivity contribution < 1.29 is 9.21 Å². The lowest BCUT2D eigenvalue weighted by Gasteiger charge is -2.33. The highest BCUT2D eigenvalue weighted by molar-refractivity contribution is 5.94. The molecule has 6 heteroatoms. The Balaban J connectivity index is 1.71. The van der Waals surface area contributed by atoms with Gasteiger partial charge in [0, 0.05) is 12.2 Å². The maximum absolute atomic E-state index is 13.0. The number of aromatic nitrogens is 2. The number of hydrogen-bond donors (Lipinski definition) is 1. The number of carbonyl (C=O) groups excluding carboxylic acids is 1. The summed E-state index contributed by atoms with van der Waals surface area (Å²) in [5.41, 5.74) is 2.03. The van der Waals surface area contributed by atoms with E-state index in [1.54, 1.807) is 24.0 Å². The molecule has 1 unspecified atom stereocenters. The van der Waals surface area contributed by atoms with Crippen LogP contribution in [0.2, 0.25) is 0 Å². The minimum Gasteiger partial charge on any atom is -0.438 e. The molecule has 6 nitrogen and oxygen atoms in total. The van der Waals surface area contributed by atoms with Crippen LogP contribution in [0, 0.1) is 6.92 Å². The van der Waals surface area contributed by atoms with Crippen molar-refractivity contribution in [2.45, 2.75) is 32.2 Å². The van der Waals surface area contributed by atoms with E-state index in [0.29, 0.717) is 18.0 Å². The molecule has 1 N–H and O–H groups in total. The zero-order valence-corrected chi connectivity index (χ0v) is 14.0. The molecule has 0 bridgehead atoms. The Morgan fingerprint density at radius 3 is 2.88 bits per heavy atom. The zero-order chi connectivity index (χ0) is 17.4. The lowest BCUT2D eigenvalue weighted by Crippen LogP contribution is -2.40. The first-order chi connectivity index (χ1) is 12.1. The first-order valence-electron chi connectivity index (χ1n) is 8.50. The predicted octanol–water partition coefficient (Wildman–Crippen LogP) is 3.19. The van der Waals surface area contributed by atoms with Gasteiger partial charge in [-0.3, -0.25) is 9.59 Å². The third kappa shape index (κ3) is 2.84. The fraction of sp³-hybridized carbons (Fsp3) is 0.316. The maximum atomic E-state index is 13.0. The van der Waals surface area contributed by atoms with Crippen LogP contribution in [-0.2, 0) is 0 Å². The maximum Gasteiger partial charge on any atom is 0.260 e. The summed E-state index contributed by atoms with van der Waals surface area (Å²) in [6.45, 7) is 2.38. The lowest BCUT2D eigenvalue weighted by atomic mass is 10.0. The van der Waals surface area contributed by atoms with Crippen molar-refractivity contribution in [3.8, 4) is 0 Å². The van der Waals surface area contributed by atoms with Crippen LogP contribution in [0.5, 0.6) is 0 Å². The molecule has 1 aliphatic rings. The van der Waals surface area contributed by atoms with Gasteiger partial charge in [0.15, 0.2) is 5.58 Å². The van der Waals surface area contributed by atoms with Gasteiger partial charge in [-0.1, -0.05) is 12.1 Å². The number of nitrogens with one attached hydrogen (secondary N) is 1. The number of benzene rings is 1. The number of hydrogen-bond acceptors (Lipinski definition) is 4. The highest BCUT2D eigenvalue weighted by atomic mass is 16.3. The standard InChI is InChI=1S/C19H19N3O3/c1-12-9-10-13(17(23)20-12)19(24)22-11-5-4-7-15(22)18-21-14-6-2-3-8-16(14)25-18/h2-3,6,8-10,15H,4-5,7,11H2,1H3,(H,20,23). The van der Waals surface area contributed by atoms with Crippen LogP contribution >= 0.6 is 0 Å². The Bertz CT molecular complexity index is 956. The molecule has 0 aliphatic carbocycles. The molecule has 3 heterocycles. The van der Waals surface area contributed by atoms with E-state index in [1.165, 1.54) is 0 Å². The van der Waals surface area contributed by atoms with E-state index >= 15 is 0 Å². The fourth-order valence-electron chi connectivity index (χ4n) is 3.36. The number of carbonyl (C=O) groups is 1. The Hall–Kier alpha value is -2.89. The van der Waals surface area contributed by atoms with E-state index in [2.05, 4.69) is 9.97 Å². The first-order valence-corrected chi connectivity index (χ1v) is 8.50. The Kier molecular flexibility index (Phi) is 3.87. The summed E-state index contributed by atoms with van der Waals surface area (Å²) in [4.78, 5) is 34.1. The summed E-state index contributed by atoms with van der Waals surface area (Å²) in [6, 6.07) is 10.7. The zero-order valence-electron chi connectivity index (χ0n) is 14.0. The van der Waals surface area contributed by atoms with Crippen molar-refractivity contribution in [2.75, 3.05) is 6.54 Å². The number of piperidine rings is 1. The van der Waals surface area contributed by atoms with Crippen molar-refractivity contribution in [1.82, 2.24) is 14.9 Å². The van der Waals surface area contributed by atoms with Gasteiger partial charge in [0.2, 0.25) is 5.89 Å². The number of rotatable bonds is 2. The van der Waals surface area contributed by atoms with Gasteiger partial charge in [0.1, 0.15) is 17.1 Å². The van der Waals surface area contributed by atoms with E-state index in [4.69, 9.17) is 4.42 Å². The third-order valence-corrected chi connectivity index (χ3v) is 4.64. The van der Waals surface area contributed by atoms with Gasteiger partial charge in [-0.15, -0.1) is 0 Å². The SMILES string of the molecule is Cc1ccc(C(=O)N2CCCCC2c2nc3ccccc3o2)c(=O)[nH]1. The van der Waals surface area contributed by atoms with Gasteiger partial charge in [0.05, 0.1) is 0 Å². The predicted molar refractivity (Wildman–Crippen MR) is 93.4 cm³/mol. The van der Waals surface area contributed by atoms with Crippen molar-refractivity contribution in [1.29, 1.82) is 0 Å². The van der Waals surface area contributed by atoms with Gasteiger partial charge >= 0.3 is 0 Å². The summed E-state index contributed by atoms with van der Waals surface area (Å²) in [5.74, 6) is 0.269. The molecule has 1 saturated heterocycles. The Labute approximate surface area is 144 Å². The smallest absolute Gasteiger partial charge is 0.260 e. The van der Waals surface area contributed by atoms with Gasteiger partial charge in [0.25, 0.3) is 11.5 Å². The van der Waals surface area contributed by atoms with E-state index in [0.717, 1.165) is 30.5 Å². The molecule has 2 aromatic heterocycles. The van der Waals surface area contributed by atoms with Crippen LogP contribution in [0.25, 0.3) is 11.1 Å². The summed E-state index contributed by atoms with van der Waals surface area (Å²) in [5, 5.41) is 0. The number of oxazole rings is 1. The molecular weight excluding hydrogens is 318 g/mol. The fourth-order valence-corrected chi connectivity index (χ4v) is 3.36. The van der Waals surface area contributed by atoms with Crippen molar-refractivity contribution in [3.63, 3.8) is 0 Å². The average molecular weight is 337 g/mol. The van der Waals surface area contributed by atoms with Crippen molar-refractivity contribution in [2.24, 2.45) is 0 Å². The molecule has 0 radical (unpaired) electrons. The van der Waals surface area contributed by atoms with E-state index in [-0.39, 0.29) is 23.1 Å². The molecule has 3 aromatic rings. The molecule has 1 aliphatic heterocycles. The largest absolute Gasteiger partial charge is 0.438 e. The summed E-state index contributed by atoms with van der Waals surface area (Å²) >= 11 is 0. The van der Waals surface area contributed by atoms with Crippen LogP contribution in [0.15, 0.2) is 45.6 Å². The quantitative estimate of drug-likeness (QED) is 0.779. The molecule has 0 spiro atoms. The topological polar surface area (TPSA) is 79.2 Å². The number of nitrogens with zero attached hydrogens (tertiary/aromatic N) is 2. The highest BCUT2D eigenvalue weighted by Crippen LogP contribution is 2.33. The van der Waals surface area contributed by atoms with Gasteiger partial charge < -0.3 is 14.3 Å². The second kappa shape index (κ2) is 6.20. The molecule has 1 amide bonds. The van der Waals surface area contributed by atoms with Crippen LogP contribution in [0.3, 0.4) is 0 Å². The number of pyridine rings is 1. The molecule has 0 saturated carbocycles. The number of H-pyrrole nitrogens is 1. The average Bonchev–Trinajstić information content (AvgIpc) is 3.05. The number of aromatic amines is 1. The first kappa shape index (κ1) is 15.6. The molecule has 25 heavy (non-hydrogen) atoms. The summed E-state index contributed by atoms with van der Waals surface area (Å²) in [7, 11) is 0. The molecule has 1 aromatic carbocycles. The van der Waals surface area contributed by atoms with Crippen molar-refractivity contribution in [3.05, 3.63) is 63.9 Å². The Morgan fingerprint density at radius 1 is 1.24 bits per heavy atom. The van der Waals surface area contributed by atoms with Crippen molar-refractivity contribution >= 4 is 17.0 Å². The van der Waals surface area contributed by atoms with Gasteiger partial charge in [-0.05, 0) is 50.5 Å². The minimum atomic E-state index is -0.355. The number of para-hydroxylation sites is 2. The number of fused-ring (bicyclic) bond motifs is 1. The monoisotopic (exact) mass is 337 g/mol.